The molecule has 1 atom stereocenters. The van der Waals surface area contributed by atoms with Crippen LogP contribution in [-0.2, 0) is 0 Å². The summed E-state index contributed by atoms with van der Waals surface area (Å²) in [7, 11) is 0. The SMILES string of the molecule is NNC(c1cccc(Cl)c1)c1cc2cc(Cl)ccc2o1. The van der Waals surface area contributed by atoms with E-state index in [0.29, 0.717) is 15.8 Å². The molecule has 0 amide bonds. The summed E-state index contributed by atoms with van der Waals surface area (Å²) >= 11 is 12.0. The largest absolute Gasteiger partial charge is 0.459 e. The lowest BCUT2D eigenvalue weighted by atomic mass is 10.1. The fourth-order valence-electron chi connectivity index (χ4n) is 2.21. The van der Waals surface area contributed by atoms with Gasteiger partial charge in [-0.15, -0.1) is 0 Å². The molecule has 1 aromatic heterocycles. The molecule has 3 rings (SSSR count). The third kappa shape index (κ3) is 2.53. The van der Waals surface area contributed by atoms with Crippen molar-refractivity contribution in [1.29, 1.82) is 0 Å². The van der Waals surface area contributed by atoms with Crippen LogP contribution in [0.15, 0.2) is 52.9 Å². The molecule has 0 spiro atoms. The van der Waals surface area contributed by atoms with E-state index in [-0.39, 0.29) is 6.04 Å². The Morgan fingerprint density at radius 3 is 2.55 bits per heavy atom. The second-order valence-electron chi connectivity index (χ2n) is 4.49. The van der Waals surface area contributed by atoms with Crippen LogP contribution in [0.5, 0.6) is 0 Å². The van der Waals surface area contributed by atoms with Gasteiger partial charge in [0.05, 0.1) is 0 Å². The summed E-state index contributed by atoms with van der Waals surface area (Å²) in [5.74, 6) is 6.37. The lowest BCUT2D eigenvalue weighted by molar-refractivity contribution is 0.477. The van der Waals surface area contributed by atoms with Crippen molar-refractivity contribution in [2.75, 3.05) is 0 Å². The molecule has 2 aromatic carbocycles. The summed E-state index contributed by atoms with van der Waals surface area (Å²) in [5.41, 5.74) is 4.46. The first-order chi connectivity index (χ1) is 9.67. The number of furan rings is 1. The van der Waals surface area contributed by atoms with E-state index in [2.05, 4.69) is 5.43 Å². The monoisotopic (exact) mass is 306 g/mol. The minimum absolute atomic E-state index is 0.264. The molecule has 1 unspecified atom stereocenters. The molecule has 0 saturated carbocycles. The number of nitrogens with two attached hydrogens (primary N) is 1. The lowest BCUT2D eigenvalue weighted by Crippen LogP contribution is -2.28. The maximum absolute atomic E-state index is 6.02. The number of hydrogen-bond acceptors (Lipinski definition) is 3. The highest BCUT2D eigenvalue weighted by molar-refractivity contribution is 6.31. The molecule has 0 aliphatic carbocycles. The smallest absolute Gasteiger partial charge is 0.134 e. The zero-order chi connectivity index (χ0) is 14.1. The lowest BCUT2D eigenvalue weighted by Gasteiger charge is -2.13. The summed E-state index contributed by atoms with van der Waals surface area (Å²) in [6, 6.07) is 14.6. The first-order valence-electron chi connectivity index (χ1n) is 6.08. The van der Waals surface area contributed by atoms with Crippen molar-refractivity contribution in [1.82, 2.24) is 5.43 Å². The average Bonchev–Trinajstić information content (AvgIpc) is 2.82. The highest BCUT2D eigenvalue weighted by atomic mass is 35.5. The number of rotatable bonds is 3. The van der Waals surface area contributed by atoms with E-state index in [9.17, 15) is 0 Å². The molecule has 5 heteroatoms. The summed E-state index contributed by atoms with van der Waals surface area (Å²) < 4.78 is 5.83. The molecule has 3 nitrogen and oxygen atoms in total. The molecule has 1 heterocycles. The van der Waals surface area contributed by atoms with Crippen molar-refractivity contribution < 1.29 is 4.42 Å². The minimum Gasteiger partial charge on any atom is -0.459 e. The quantitative estimate of drug-likeness (QED) is 0.560. The number of fused-ring (bicyclic) bond motifs is 1. The summed E-state index contributed by atoms with van der Waals surface area (Å²) in [6.45, 7) is 0. The number of hydrogen-bond donors (Lipinski definition) is 2. The van der Waals surface area contributed by atoms with Crippen molar-refractivity contribution >= 4 is 34.2 Å². The maximum Gasteiger partial charge on any atom is 0.134 e. The highest BCUT2D eigenvalue weighted by Crippen LogP contribution is 2.30. The van der Waals surface area contributed by atoms with Crippen LogP contribution < -0.4 is 11.3 Å². The maximum atomic E-state index is 6.02. The Morgan fingerprint density at radius 1 is 1.00 bits per heavy atom. The molecule has 3 aromatic rings. The Morgan fingerprint density at radius 2 is 1.80 bits per heavy atom. The van der Waals surface area contributed by atoms with Gasteiger partial charge < -0.3 is 4.42 Å². The predicted octanol–water partition coefficient (Wildman–Crippen LogP) is 4.29. The minimum atomic E-state index is -0.264. The van der Waals surface area contributed by atoms with Gasteiger partial charge >= 0.3 is 0 Å². The molecule has 0 aliphatic heterocycles. The third-order valence-electron chi connectivity index (χ3n) is 3.13. The molecular weight excluding hydrogens is 295 g/mol. The topological polar surface area (TPSA) is 51.2 Å². The van der Waals surface area contributed by atoms with E-state index < -0.39 is 0 Å². The van der Waals surface area contributed by atoms with Gasteiger partial charge in [-0.2, -0.15) is 0 Å². The Bertz CT molecular complexity index is 754. The summed E-state index contributed by atoms with van der Waals surface area (Å²) in [5, 5.41) is 2.27. The van der Waals surface area contributed by atoms with Gasteiger partial charge in [-0.3, -0.25) is 5.84 Å². The highest BCUT2D eigenvalue weighted by Gasteiger charge is 2.17. The zero-order valence-corrected chi connectivity index (χ0v) is 11.9. The Hall–Kier alpha value is -1.52. The van der Waals surface area contributed by atoms with Crippen LogP contribution in [0.4, 0.5) is 0 Å². The van der Waals surface area contributed by atoms with Crippen molar-refractivity contribution in [3.05, 3.63) is 69.9 Å². The Balaban J connectivity index is 2.07. The first-order valence-corrected chi connectivity index (χ1v) is 6.83. The van der Waals surface area contributed by atoms with E-state index in [0.717, 1.165) is 16.5 Å². The number of hydrazine groups is 1. The van der Waals surface area contributed by atoms with Gasteiger partial charge in [-0.05, 0) is 42.0 Å². The van der Waals surface area contributed by atoms with E-state index in [1.807, 2.05) is 42.5 Å². The van der Waals surface area contributed by atoms with Gasteiger partial charge in [0.15, 0.2) is 0 Å². The van der Waals surface area contributed by atoms with Crippen LogP contribution in [0.3, 0.4) is 0 Å². The fraction of sp³-hybridized carbons (Fsp3) is 0.0667. The molecule has 0 radical (unpaired) electrons. The predicted molar refractivity (Wildman–Crippen MR) is 81.8 cm³/mol. The van der Waals surface area contributed by atoms with Gasteiger partial charge in [0, 0.05) is 15.4 Å². The van der Waals surface area contributed by atoms with Crippen molar-refractivity contribution in [2.45, 2.75) is 6.04 Å². The van der Waals surface area contributed by atoms with Crippen molar-refractivity contribution in [3.8, 4) is 0 Å². The molecule has 0 fully saturated rings. The standard InChI is InChI=1S/C15H12Cl2N2O/c16-11-3-1-2-9(6-11)15(19-18)14-8-10-7-12(17)4-5-13(10)20-14/h1-8,15,19H,18H2. The summed E-state index contributed by atoms with van der Waals surface area (Å²) in [6.07, 6.45) is 0. The van der Waals surface area contributed by atoms with Gasteiger partial charge in [-0.25, -0.2) is 5.43 Å². The third-order valence-corrected chi connectivity index (χ3v) is 3.60. The van der Waals surface area contributed by atoms with E-state index in [1.54, 1.807) is 6.07 Å². The van der Waals surface area contributed by atoms with Crippen LogP contribution in [0.1, 0.15) is 17.4 Å². The van der Waals surface area contributed by atoms with Crippen LogP contribution in [-0.4, -0.2) is 0 Å². The van der Waals surface area contributed by atoms with Gasteiger partial charge in [-0.1, -0.05) is 35.3 Å². The Kier molecular flexibility index (Phi) is 3.68. The van der Waals surface area contributed by atoms with Gasteiger partial charge in [0.2, 0.25) is 0 Å². The fourth-order valence-corrected chi connectivity index (χ4v) is 2.59. The molecule has 0 saturated heterocycles. The summed E-state index contributed by atoms with van der Waals surface area (Å²) in [4.78, 5) is 0. The van der Waals surface area contributed by atoms with Gasteiger partial charge in [0.1, 0.15) is 17.4 Å². The molecule has 0 aliphatic rings. The molecule has 20 heavy (non-hydrogen) atoms. The second kappa shape index (κ2) is 5.46. The number of nitrogens with one attached hydrogen (secondary N) is 1. The number of benzene rings is 2. The van der Waals surface area contributed by atoms with Crippen molar-refractivity contribution in [3.63, 3.8) is 0 Å². The van der Waals surface area contributed by atoms with E-state index in [1.165, 1.54) is 0 Å². The van der Waals surface area contributed by atoms with E-state index in [4.69, 9.17) is 33.5 Å². The van der Waals surface area contributed by atoms with Gasteiger partial charge in [0.25, 0.3) is 0 Å². The first kappa shape index (κ1) is 13.5. The van der Waals surface area contributed by atoms with Crippen LogP contribution in [0.25, 0.3) is 11.0 Å². The second-order valence-corrected chi connectivity index (χ2v) is 5.36. The van der Waals surface area contributed by atoms with Crippen LogP contribution >= 0.6 is 23.2 Å². The Labute approximate surface area is 126 Å². The molecular formula is C15H12Cl2N2O. The van der Waals surface area contributed by atoms with Crippen molar-refractivity contribution in [2.24, 2.45) is 5.84 Å². The molecule has 3 N–H and O–H groups in total. The zero-order valence-electron chi connectivity index (χ0n) is 10.4. The average molecular weight is 307 g/mol. The van der Waals surface area contributed by atoms with E-state index >= 15 is 0 Å². The molecule has 0 bridgehead atoms. The van der Waals surface area contributed by atoms with Crippen LogP contribution in [0, 0.1) is 0 Å². The van der Waals surface area contributed by atoms with Crippen LogP contribution in [0.2, 0.25) is 10.0 Å². The normalized spacial score (nSPS) is 12.8. The number of halogens is 2. The molecule has 102 valence electrons.